The maximum atomic E-state index is 12.2. The number of benzene rings is 2. The van der Waals surface area contributed by atoms with Gasteiger partial charge in [0.1, 0.15) is 19.8 Å². The van der Waals surface area contributed by atoms with Crippen molar-refractivity contribution in [1.29, 1.82) is 0 Å². The average Bonchev–Trinajstić information content (AvgIpc) is 3.22. The molecule has 2 heterocycles. The third-order valence-corrected chi connectivity index (χ3v) is 4.89. The SMILES string of the molecule is O=C(Cc1cc2c(cc1Br)OCCO2)OCc1ccc(-n2cccn2)cc1. The molecule has 0 amide bonds. The molecule has 0 atom stereocenters. The third kappa shape index (κ3) is 4.14. The largest absolute Gasteiger partial charge is 0.486 e. The second kappa shape index (κ2) is 7.84. The molecule has 0 fully saturated rings. The highest BCUT2D eigenvalue weighted by Crippen LogP contribution is 2.35. The summed E-state index contributed by atoms with van der Waals surface area (Å²) in [4.78, 5) is 12.2. The fourth-order valence-corrected chi connectivity index (χ4v) is 3.24. The van der Waals surface area contributed by atoms with E-state index in [1.807, 2.05) is 48.7 Å². The standard InChI is InChI=1S/C20H17BrN2O4/c21-17-12-19-18(25-8-9-26-19)10-15(17)11-20(24)27-13-14-2-4-16(5-3-14)23-7-1-6-22-23/h1-7,10,12H,8-9,11,13H2. The fraction of sp³-hybridized carbons (Fsp3) is 0.200. The van der Waals surface area contributed by atoms with Crippen molar-refractivity contribution in [1.82, 2.24) is 9.78 Å². The first kappa shape index (κ1) is 17.6. The summed E-state index contributed by atoms with van der Waals surface area (Å²) in [5, 5.41) is 4.18. The molecule has 0 saturated carbocycles. The summed E-state index contributed by atoms with van der Waals surface area (Å²) in [6.07, 6.45) is 3.76. The summed E-state index contributed by atoms with van der Waals surface area (Å²) in [6, 6.07) is 13.2. The maximum Gasteiger partial charge on any atom is 0.310 e. The average molecular weight is 429 g/mol. The lowest BCUT2D eigenvalue weighted by atomic mass is 10.1. The van der Waals surface area contributed by atoms with Crippen molar-refractivity contribution >= 4 is 21.9 Å². The molecule has 0 bridgehead atoms. The highest BCUT2D eigenvalue weighted by molar-refractivity contribution is 9.10. The molecule has 0 aliphatic carbocycles. The molecule has 1 aliphatic heterocycles. The highest BCUT2D eigenvalue weighted by Gasteiger charge is 2.17. The normalized spacial score (nSPS) is 12.6. The van der Waals surface area contributed by atoms with Gasteiger partial charge in [0.15, 0.2) is 11.5 Å². The number of hydrogen-bond acceptors (Lipinski definition) is 5. The van der Waals surface area contributed by atoms with Gasteiger partial charge >= 0.3 is 5.97 Å². The molecular formula is C20H17BrN2O4. The molecule has 0 spiro atoms. The quantitative estimate of drug-likeness (QED) is 0.579. The number of fused-ring (bicyclic) bond motifs is 1. The first-order valence-electron chi connectivity index (χ1n) is 8.51. The van der Waals surface area contributed by atoms with Crippen molar-refractivity contribution in [3.63, 3.8) is 0 Å². The molecule has 1 aromatic heterocycles. The van der Waals surface area contributed by atoms with Gasteiger partial charge in [-0.2, -0.15) is 5.10 Å². The molecule has 27 heavy (non-hydrogen) atoms. The number of nitrogens with zero attached hydrogens (tertiary/aromatic N) is 2. The van der Waals surface area contributed by atoms with Gasteiger partial charge in [0.25, 0.3) is 0 Å². The molecule has 0 radical (unpaired) electrons. The zero-order valence-corrected chi connectivity index (χ0v) is 16.0. The first-order chi connectivity index (χ1) is 13.2. The Kier molecular flexibility index (Phi) is 5.11. The number of hydrogen-bond donors (Lipinski definition) is 0. The molecule has 1 aliphatic rings. The number of esters is 1. The van der Waals surface area contributed by atoms with Crippen LogP contribution in [0.3, 0.4) is 0 Å². The Morgan fingerprint density at radius 1 is 1.15 bits per heavy atom. The smallest absolute Gasteiger partial charge is 0.310 e. The van der Waals surface area contributed by atoms with Crippen LogP contribution < -0.4 is 9.47 Å². The van der Waals surface area contributed by atoms with Crippen molar-refractivity contribution < 1.29 is 19.0 Å². The lowest BCUT2D eigenvalue weighted by Gasteiger charge is -2.19. The van der Waals surface area contributed by atoms with E-state index < -0.39 is 0 Å². The summed E-state index contributed by atoms with van der Waals surface area (Å²) in [5.74, 6) is 1.03. The van der Waals surface area contributed by atoms with Crippen LogP contribution in [0, 0.1) is 0 Å². The van der Waals surface area contributed by atoms with E-state index >= 15 is 0 Å². The Bertz CT molecular complexity index is 939. The van der Waals surface area contributed by atoms with Gasteiger partial charge in [0.2, 0.25) is 0 Å². The lowest BCUT2D eigenvalue weighted by Crippen LogP contribution is -2.16. The van der Waals surface area contributed by atoms with E-state index in [4.69, 9.17) is 14.2 Å². The Balaban J connectivity index is 1.36. The summed E-state index contributed by atoms with van der Waals surface area (Å²) in [5.41, 5.74) is 2.68. The van der Waals surface area contributed by atoms with Crippen LogP contribution in [-0.4, -0.2) is 29.0 Å². The minimum atomic E-state index is -0.302. The van der Waals surface area contributed by atoms with E-state index in [0.717, 1.165) is 21.3 Å². The Hall–Kier alpha value is -2.80. The van der Waals surface area contributed by atoms with Crippen molar-refractivity contribution in [3.05, 3.63) is 70.5 Å². The Morgan fingerprint density at radius 2 is 1.89 bits per heavy atom. The van der Waals surface area contributed by atoms with Gasteiger partial charge in [-0.1, -0.05) is 28.1 Å². The molecule has 6 nitrogen and oxygen atoms in total. The van der Waals surface area contributed by atoms with Gasteiger partial charge in [0, 0.05) is 16.9 Å². The van der Waals surface area contributed by atoms with Crippen molar-refractivity contribution in [2.45, 2.75) is 13.0 Å². The fourth-order valence-electron chi connectivity index (χ4n) is 2.78. The summed E-state index contributed by atoms with van der Waals surface area (Å²) < 4.78 is 19.1. The van der Waals surface area contributed by atoms with Gasteiger partial charge in [0.05, 0.1) is 12.1 Å². The number of ether oxygens (including phenoxy) is 3. The summed E-state index contributed by atoms with van der Waals surface area (Å²) in [6.45, 7) is 1.26. The van der Waals surface area contributed by atoms with Gasteiger partial charge in [-0.25, -0.2) is 4.68 Å². The zero-order chi connectivity index (χ0) is 18.6. The van der Waals surface area contributed by atoms with E-state index in [-0.39, 0.29) is 19.0 Å². The van der Waals surface area contributed by atoms with Crippen molar-refractivity contribution in [3.8, 4) is 17.2 Å². The van der Waals surface area contributed by atoms with Crippen LogP contribution in [0.1, 0.15) is 11.1 Å². The van der Waals surface area contributed by atoms with Crippen LogP contribution in [0.25, 0.3) is 5.69 Å². The van der Waals surface area contributed by atoms with E-state index in [9.17, 15) is 4.79 Å². The van der Waals surface area contributed by atoms with Crippen LogP contribution >= 0.6 is 15.9 Å². The maximum absolute atomic E-state index is 12.2. The van der Waals surface area contributed by atoms with Crippen molar-refractivity contribution in [2.75, 3.05) is 13.2 Å². The first-order valence-corrected chi connectivity index (χ1v) is 9.31. The number of carbonyl (C=O) groups is 1. The van der Waals surface area contributed by atoms with Gasteiger partial charge in [-0.3, -0.25) is 4.79 Å². The van der Waals surface area contributed by atoms with Gasteiger partial charge < -0.3 is 14.2 Å². The lowest BCUT2D eigenvalue weighted by molar-refractivity contribution is -0.144. The third-order valence-electron chi connectivity index (χ3n) is 4.15. The van der Waals surface area contributed by atoms with E-state index in [1.165, 1.54) is 0 Å². The second-order valence-electron chi connectivity index (χ2n) is 6.04. The Morgan fingerprint density at radius 3 is 2.59 bits per heavy atom. The van der Waals surface area contributed by atoms with E-state index in [1.54, 1.807) is 10.9 Å². The number of rotatable bonds is 5. The van der Waals surface area contributed by atoms with E-state index in [0.29, 0.717) is 24.7 Å². The number of aromatic nitrogens is 2. The molecule has 0 unspecified atom stereocenters. The minimum Gasteiger partial charge on any atom is -0.486 e. The van der Waals surface area contributed by atoms with Gasteiger partial charge in [-0.05, 0) is 41.5 Å². The topological polar surface area (TPSA) is 62.6 Å². The predicted octanol–water partition coefficient (Wildman–Crippen LogP) is 3.69. The molecule has 2 aromatic carbocycles. The summed E-state index contributed by atoms with van der Waals surface area (Å²) >= 11 is 3.48. The van der Waals surface area contributed by atoms with Crippen LogP contribution in [0.5, 0.6) is 11.5 Å². The monoisotopic (exact) mass is 428 g/mol. The molecule has 3 aromatic rings. The van der Waals surface area contributed by atoms with Crippen molar-refractivity contribution in [2.24, 2.45) is 0 Å². The second-order valence-corrected chi connectivity index (χ2v) is 6.90. The van der Waals surface area contributed by atoms with Gasteiger partial charge in [-0.15, -0.1) is 0 Å². The molecule has 138 valence electrons. The number of carbonyl (C=O) groups excluding carboxylic acids is 1. The molecular weight excluding hydrogens is 412 g/mol. The number of halogens is 1. The Labute approximate surface area is 164 Å². The summed E-state index contributed by atoms with van der Waals surface area (Å²) in [7, 11) is 0. The van der Waals surface area contributed by atoms with Crippen LogP contribution in [0.15, 0.2) is 59.3 Å². The minimum absolute atomic E-state index is 0.155. The van der Waals surface area contributed by atoms with Crippen LogP contribution in [-0.2, 0) is 22.6 Å². The molecule has 4 rings (SSSR count). The van der Waals surface area contributed by atoms with Crippen LogP contribution in [0.4, 0.5) is 0 Å². The molecule has 0 saturated heterocycles. The van der Waals surface area contributed by atoms with E-state index in [2.05, 4.69) is 21.0 Å². The highest BCUT2D eigenvalue weighted by atomic mass is 79.9. The molecule has 0 N–H and O–H groups in total. The molecule has 7 heteroatoms. The predicted molar refractivity (Wildman–Crippen MR) is 102 cm³/mol. The zero-order valence-electron chi connectivity index (χ0n) is 14.4. The van der Waals surface area contributed by atoms with Crippen LogP contribution in [0.2, 0.25) is 0 Å².